The predicted molar refractivity (Wildman–Crippen MR) is 101 cm³/mol. The number of halogens is 1. The van der Waals surface area contributed by atoms with Crippen LogP contribution in [0.5, 0.6) is 0 Å². The summed E-state index contributed by atoms with van der Waals surface area (Å²) in [5, 5.41) is 9.31. The molecule has 1 atom stereocenters. The Morgan fingerprint density at radius 2 is 2.12 bits per heavy atom. The first-order valence-electron chi connectivity index (χ1n) is 8.65. The molecule has 7 heteroatoms. The number of nitrogens with zero attached hydrogens (tertiary/aromatic N) is 4. The number of amides is 1. The lowest BCUT2D eigenvalue weighted by Crippen LogP contribution is -2.42. The Bertz CT molecular complexity index is 729. The fourth-order valence-electron chi connectivity index (χ4n) is 3.25. The van der Waals surface area contributed by atoms with Crippen molar-refractivity contribution >= 4 is 29.3 Å². The van der Waals surface area contributed by atoms with E-state index in [0.29, 0.717) is 16.2 Å². The number of hydrogen-bond acceptors (Lipinski definition) is 4. The van der Waals surface area contributed by atoms with E-state index in [1.165, 1.54) is 31.0 Å². The summed E-state index contributed by atoms with van der Waals surface area (Å²) in [5.74, 6) is 0.151. The van der Waals surface area contributed by atoms with Gasteiger partial charge in [0.15, 0.2) is 5.16 Å². The third-order valence-corrected chi connectivity index (χ3v) is 5.98. The van der Waals surface area contributed by atoms with Crippen LogP contribution in [-0.4, -0.2) is 43.9 Å². The third-order valence-electron chi connectivity index (χ3n) is 4.70. The molecule has 1 unspecified atom stereocenters. The largest absolute Gasteiger partial charge is 0.342 e. The van der Waals surface area contributed by atoms with Crippen molar-refractivity contribution in [1.82, 2.24) is 19.7 Å². The number of aromatic nitrogens is 3. The van der Waals surface area contributed by atoms with Gasteiger partial charge in [0, 0.05) is 18.1 Å². The molecule has 1 amide bonds. The second kappa shape index (κ2) is 8.23. The molecule has 5 nitrogen and oxygen atoms in total. The van der Waals surface area contributed by atoms with Crippen LogP contribution in [0, 0.1) is 0 Å². The molecule has 1 aromatic heterocycles. The van der Waals surface area contributed by atoms with Crippen molar-refractivity contribution in [3.05, 3.63) is 35.6 Å². The minimum absolute atomic E-state index is 0.151. The van der Waals surface area contributed by atoms with Crippen LogP contribution in [0.25, 0.3) is 5.69 Å². The Balaban J connectivity index is 1.70. The maximum Gasteiger partial charge on any atom is 0.235 e. The summed E-state index contributed by atoms with van der Waals surface area (Å²) in [6.45, 7) is 1.93. The summed E-state index contributed by atoms with van der Waals surface area (Å²) in [6.07, 6.45) is 7.58. The lowest BCUT2D eigenvalue weighted by molar-refractivity contribution is -0.131. The molecule has 25 heavy (non-hydrogen) atoms. The van der Waals surface area contributed by atoms with Crippen molar-refractivity contribution in [2.75, 3.05) is 7.05 Å². The average Bonchev–Trinajstić information content (AvgIpc) is 3.09. The minimum Gasteiger partial charge on any atom is -0.342 e. The van der Waals surface area contributed by atoms with E-state index in [9.17, 15) is 4.79 Å². The van der Waals surface area contributed by atoms with E-state index >= 15 is 0 Å². The second-order valence-corrected chi connectivity index (χ2v) is 8.21. The number of carbonyl (C=O) groups is 1. The first kappa shape index (κ1) is 18.3. The highest BCUT2D eigenvalue weighted by Crippen LogP contribution is 2.28. The van der Waals surface area contributed by atoms with Gasteiger partial charge in [-0.25, -0.2) is 0 Å². The van der Waals surface area contributed by atoms with Gasteiger partial charge in [-0.3, -0.25) is 9.36 Å². The number of benzene rings is 1. The molecule has 1 aliphatic carbocycles. The van der Waals surface area contributed by atoms with Gasteiger partial charge in [0.1, 0.15) is 6.33 Å². The van der Waals surface area contributed by atoms with E-state index in [0.717, 1.165) is 18.5 Å². The Morgan fingerprint density at radius 3 is 2.84 bits per heavy atom. The van der Waals surface area contributed by atoms with Gasteiger partial charge in [0.25, 0.3) is 0 Å². The van der Waals surface area contributed by atoms with Crippen LogP contribution in [0.3, 0.4) is 0 Å². The quantitative estimate of drug-likeness (QED) is 0.732. The zero-order chi connectivity index (χ0) is 17.8. The molecule has 0 saturated heterocycles. The van der Waals surface area contributed by atoms with E-state index < -0.39 is 0 Å². The lowest BCUT2D eigenvalue weighted by atomic mass is 9.94. The fourth-order valence-corrected chi connectivity index (χ4v) is 4.38. The summed E-state index contributed by atoms with van der Waals surface area (Å²) < 4.78 is 1.86. The van der Waals surface area contributed by atoms with E-state index in [1.54, 1.807) is 6.33 Å². The van der Waals surface area contributed by atoms with Crippen LogP contribution in [0.1, 0.15) is 39.0 Å². The normalized spacial score (nSPS) is 16.6. The Hall–Kier alpha value is -1.53. The zero-order valence-electron chi connectivity index (χ0n) is 14.6. The molecular weight excluding hydrogens is 356 g/mol. The van der Waals surface area contributed by atoms with Gasteiger partial charge in [-0.2, -0.15) is 0 Å². The maximum atomic E-state index is 12.8. The number of rotatable bonds is 5. The summed E-state index contributed by atoms with van der Waals surface area (Å²) in [4.78, 5) is 14.7. The van der Waals surface area contributed by atoms with E-state index in [1.807, 2.05) is 47.7 Å². The van der Waals surface area contributed by atoms with Crippen LogP contribution >= 0.6 is 23.4 Å². The van der Waals surface area contributed by atoms with Crippen molar-refractivity contribution in [1.29, 1.82) is 0 Å². The van der Waals surface area contributed by atoms with Crippen molar-refractivity contribution in [2.24, 2.45) is 0 Å². The monoisotopic (exact) mass is 378 g/mol. The van der Waals surface area contributed by atoms with Crippen molar-refractivity contribution < 1.29 is 4.79 Å². The molecule has 2 aromatic rings. The SMILES string of the molecule is CC(Sc1nncn1-c1cccc(Cl)c1)C(=O)N(C)C1CCCCC1. The topological polar surface area (TPSA) is 51.0 Å². The molecule has 0 N–H and O–H groups in total. The number of thioether (sulfide) groups is 1. The predicted octanol–water partition coefficient (Wildman–Crippen LogP) is 4.19. The van der Waals surface area contributed by atoms with Crippen LogP contribution < -0.4 is 0 Å². The molecule has 0 aliphatic heterocycles. The molecule has 134 valence electrons. The molecule has 3 rings (SSSR count). The summed E-state index contributed by atoms with van der Waals surface area (Å²) in [5.41, 5.74) is 0.889. The van der Waals surface area contributed by atoms with Gasteiger partial charge in [-0.15, -0.1) is 10.2 Å². The molecule has 0 bridgehead atoms. The van der Waals surface area contributed by atoms with Crippen LogP contribution in [-0.2, 0) is 4.79 Å². The molecule has 1 heterocycles. The van der Waals surface area contributed by atoms with Gasteiger partial charge in [-0.1, -0.05) is 48.7 Å². The summed E-state index contributed by atoms with van der Waals surface area (Å²) in [7, 11) is 1.93. The summed E-state index contributed by atoms with van der Waals surface area (Å²) in [6, 6.07) is 7.88. The second-order valence-electron chi connectivity index (χ2n) is 6.46. The average molecular weight is 379 g/mol. The third kappa shape index (κ3) is 4.36. The Morgan fingerprint density at radius 1 is 1.36 bits per heavy atom. The smallest absolute Gasteiger partial charge is 0.235 e. The Kier molecular flexibility index (Phi) is 6.02. The van der Waals surface area contributed by atoms with E-state index in [2.05, 4.69) is 10.2 Å². The Labute approximate surface area is 157 Å². The van der Waals surface area contributed by atoms with Crippen LogP contribution in [0.15, 0.2) is 35.7 Å². The molecule has 0 spiro atoms. The highest BCUT2D eigenvalue weighted by molar-refractivity contribution is 8.00. The lowest BCUT2D eigenvalue weighted by Gasteiger charge is -2.32. The molecular formula is C18H23ClN4OS. The highest BCUT2D eigenvalue weighted by atomic mass is 35.5. The molecule has 1 aliphatic rings. The van der Waals surface area contributed by atoms with Crippen molar-refractivity contribution in [3.63, 3.8) is 0 Å². The van der Waals surface area contributed by atoms with Gasteiger partial charge in [-0.05, 0) is 38.0 Å². The maximum absolute atomic E-state index is 12.8. The molecule has 1 aromatic carbocycles. The molecule has 1 saturated carbocycles. The van der Waals surface area contributed by atoms with Gasteiger partial charge in [0.2, 0.25) is 5.91 Å². The first-order chi connectivity index (χ1) is 12.1. The van der Waals surface area contributed by atoms with Gasteiger partial charge in [0.05, 0.1) is 10.9 Å². The highest BCUT2D eigenvalue weighted by Gasteiger charge is 2.27. The van der Waals surface area contributed by atoms with Crippen LogP contribution in [0.4, 0.5) is 0 Å². The number of carbonyl (C=O) groups excluding carboxylic acids is 1. The first-order valence-corrected chi connectivity index (χ1v) is 9.91. The van der Waals surface area contributed by atoms with Crippen LogP contribution in [0.2, 0.25) is 5.02 Å². The number of hydrogen-bond donors (Lipinski definition) is 0. The van der Waals surface area contributed by atoms with Crippen molar-refractivity contribution in [2.45, 2.75) is 55.5 Å². The summed E-state index contributed by atoms with van der Waals surface area (Å²) >= 11 is 7.51. The minimum atomic E-state index is -0.214. The van der Waals surface area contributed by atoms with E-state index in [4.69, 9.17) is 11.6 Å². The van der Waals surface area contributed by atoms with Crippen molar-refractivity contribution in [3.8, 4) is 5.69 Å². The molecule has 0 radical (unpaired) electrons. The van der Waals surface area contributed by atoms with Gasteiger partial charge >= 0.3 is 0 Å². The fraction of sp³-hybridized carbons (Fsp3) is 0.500. The van der Waals surface area contributed by atoms with E-state index in [-0.39, 0.29) is 11.2 Å². The standard InChI is InChI=1S/C18H23ClN4OS/c1-13(17(24)22(2)15-8-4-3-5-9-15)25-18-21-20-12-23(18)16-10-6-7-14(19)11-16/h6-7,10-13,15H,3-5,8-9H2,1-2H3. The molecule has 1 fully saturated rings. The van der Waals surface area contributed by atoms with Gasteiger partial charge < -0.3 is 4.90 Å². The zero-order valence-corrected chi connectivity index (χ0v) is 16.1.